The lowest BCUT2D eigenvalue weighted by atomic mass is 10.1. The van der Waals surface area contributed by atoms with Crippen molar-refractivity contribution in [2.45, 2.75) is 33.2 Å². The predicted molar refractivity (Wildman–Crippen MR) is 75.0 cm³/mol. The van der Waals surface area contributed by atoms with Gasteiger partial charge >= 0.3 is 5.97 Å². The van der Waals surface area contributed by atoms with Crippen molar-refractivity contribution in [3.8, 4) is 0 Å². The van der Waals surface area contributed by atoms with Crippen molar-refractivity contribution < 1.29 is 18.3 Å². The van der Waals surface area contributed by atoms with Gasteiger partial charge in [0, 0.05) is 0 Å². The first-order valence-electron chi connectivity index (χ1n) is 5.97. The van der Waals surface area contributed by atoms with Crippen LogP contribution in [-0.2, 0) is 14.8 Å². The lowest BCUT2D eigenvalue weighted by Gasteiger charge is -2.28. The van der Waals surface area contributed by atoms with E-state index in [1.165, 1.54) is 0 Å². The molecular formula is C13H19NO4S. The maximum atomic E-state index is 11.9. The van der Waals surface area contributed by atoms with E-state index in [9.17, 15) is 18.3 Å². The van der Waals surface area contributed by atoms with Crippen molar-refractivity contribution >= 4 is 21.7 Å². The average molecular weight is 285 g/mol. The summed E-state index contributed by atoms with van der Waals surface area (Å²) in [5.41, 5.74) is 2.18. The number of hydrogen-bond donors (Lipinski definition) is 1. The summed E-state index contributed by atoms with van der Waals surface area (Å²) in [6, 6.07) is 4.18. The highest BCUT2D eigenvalue weighted by Gasteiger charge is 2.31. The molecule has 0 fully saturated rings. The predicted octanol–water partition coefficient (Wildman–Crippen LogP) is 1.93. The summed E-state index contributed by atoms with van der Waals surface area (Å²) in [7, 11) is -3.66. The Bertz CT molecular complexity index is 560. The maximum Gasteiger partial charge on any atom is 0.327 e. The normalized spacial score (nSPS) is 13.1. The minimum absolute atomic E-state index is 0.204. The topological polar surface area (TPSA) is 74.7 Å². The van der Waals surface area contributed by atoms with E-state index in [0.29, 0.717) is 5.69 Å². The SMILES string of the molecule is CC[C@H](C(=O)O)N(c1cc(C)cc(C)c1)S(C)(=O)=O. The molecule has 0 aromatic heterocycles. The summed E-state index contributed by atoms with van der Waals surface area (Å²) in [4.78, 5) is 11.3. The average Bonchev–Trinajstić information content (AvgIpc) is 2.21. The zero-order chi connectivity index (χ0) is 14.8. The lowest BCUT2D eigenvalue weighted by molar-refractivity contribution is -0.138. The van der Waals surface area contributed by atoms with Crippen molar-refractivity contribution in [2.24, 2.45) is 0 Å². The van der Waals surface area contributed by atoms with Crippen LogP contribution in [0.4, 0.5) is 5.69 Å². The molecule has 0 amide bonds. The summed E-state index contributed by atoms with van der Waals surface area (Å²) < 4.78 is 24.8. The van der Waals surface area contributed by atoms with E-state index in [1.807, 2.05) is 19.9 Å². The van der Waals surface area contributed by atoms with Crippen LogP contribution in [0.15, 0.2) is 18.2 Å². The molecule has 1 rings (SSSR count). The molecule has 0 aliphatic heterocycles. The molecule has 1 aromatic rings. The second-order valence-corrected chi connectivity index (χ2v) is 6.53. The van der Waals surface area contributed by atoms with Gasteiger partial charge in [0.1, 0.15) is 6.04 Å². The molecule has 1 N–H and O–H groups in total. The largest absolute Gasteiger partial charge is 0.480 e. The Morgan fingerprint density at radius 2 is 1.74 bits per heavy atom. The molecule has 0 radical (unpaired) electrons. The number of benzene rings is 1. The van der Waals surface area contributed by atoms with Gasteiger partial charge in [-0.1, -0.05) is 13.0 Å². The van der Waals surface area contributed by atoms with Gasteiger partial charge in [-0.05, 0) is 43.5 Å². The third kappa shape index (κ3) is 3.70. The molecule has 0 saturated heterocycles. The van der Waals surface area contributed by atoms with Gasteiger partial charge in [0.2, 0.25) is 10.0 Å². The molecule has 0 bridgehead atoms. The highest BCUT2D eigenvalue weighted by molar-refractivity contribution is 7.92. The molecule has 19 heavy (non-hydrogen) atoms. The quantitative estimate of drug-likeness (QED) is 0.897. The van der Waals surface area contributed by atoms with E-state index in [-0.39, 0.29) is 6.42 Å². The Balaban J connectivity index is 3.44. The van der Waals surface area contributed by atoms with Gasteiger partial charge in [-0.2, -0.15) is 0 Å². The van der Waals surface area contributed by atoms with Crippen LogP contribution >= 0.6 is 0 Å². The second kappa shape index (κ2) is 5.61. The van der Waals surface area contributed by atoms with Gasteiger partial charge < -0.3 is 5.11 Å². The lowest BCUT2D eigenvalue weighted by Crippen LogP contribution is -2.44. The smallest absolute Gasteiger partial charge is 0.327 e. The molecule has 1 atom stereocenters. The number of carbonyl (C=O) groups is 1. The first kappa shape index (κ1) is 15.5. The van der Waals surface area contributed by atoms with Crippen molar-refractivity contribution in [1.82, 2.24) is 0 Å². The van der Waals surface area contributed by atoms with E-state index < -0.39 is 22.0 Å². The second-order valence-electron chi connectivity index (χ2n) is 4.67. The molecule has 1 aromatic carbocycles. The van der Waals surface area contributed by atoms with Gasteiger partial charge in [-0.3, -0.25) is 4.31 Å². The summed E-state index contributed by atoms with van der Waals surface area (Å²) in [6.07, 6.45) is 1.23. The first-order valence-corrected chi connectivity index (χ1v) is 7.82. The van der Waals surface area contributed by atoms with Crippen LogP contribution in [0.5, 0.6) is 0 Å². The highest BCUT2D eigenvalue weighted by Crippen LogP contribution is 2.25. The van der Waals surface area contributed by atoms with E-state index in [4.69, 9.17) is 0 Å². The number of hydrogen-bond acceptors (Lipinski definition) is 3. The van der Waals surface area contributed by atoms with Crippen LogP contribution < -0.4 is 4.31 Å². The number of carboxylic acids is 1. The van der Waals surface area contributed by atoms with E-state index in [2.05, 4.69) is 0 Å². The molecule has 0 heterocycles. The fourth-order valence-electron chi connectivity index (χ4n) is 2.12. The van der Waals surface area contributed by atoms with Gasteiger partial charge in [-0.15, -0.1) is 0 Å². The zero-order valence-electron chi connectivity index (χ0n) is 11.5. The fourth-order valence-corrected chi connectivity index (χ4v) is 3.31. The van der Waals surface area contributed by atoms with Crippen LogP contribution in [0.2, 0.25) is 0 Å². The number of nitrogens with zero attached hydrogens (tertiary/aromatic N) is 1. The zero-order valence-corrected chi connectivity index (χ0v) is 12.4. The Labute approximate surface area is 113 Å². The molecule has 0 aliphatic rings. The monoisotopic (exact) mass is 285 g/mol. The minimum Gasteiger partial charge on any atom is -0.480 e. The van der Waals surface area contributed by atoms with E-state index >= 15 is 0 Å². The summed E-state index contributed by atoms with van der Waals surface area (Å²) in [5, 5.41) is 9.20. The van der Waals surface area contributed by atoms with Crippen molar-refractivity contribution in [1.29, 1.82) is 0 Å². The minimum atomic E-state index is -3.66. The number of carboxylic acid groups (broad SMARTS) is 1. The third-order valence-corrected chi connectivity index (χ3v) is 3.95. The van der Waals surface area contributed by atoms with Gasteiger partial charge in [-0.25, -0.2) is 13.2 Å². The Hall–Kier alpha value is -1.56. The van der Waals surface area contributed by atoms with Crippen LogP contribution in [0.1, 0.15) is 24.5 Å². The van der Waals surface area contributed by atoms with Gasteiger partial charge in [0.05, 0.1) is 11.9 Å². The molecule has 0 saturated carbocycles. The summed E-state index contributed by atoms with van der Waals surface area (Å²) in [5.74, 6) is -1.15. The molecule has 6 heteroatoms. The van der Waals surface area contributed by atoms with Crippen LogP contribution in [-0.4, -0.2) is 31.8 Å². The fraction of sp³-hybridized carbons (Fsp3) is 0.462. The van der Waals surface area contributed by atoms with Crippen LogP contribution in [0.25, 0.3) is 0 Å². The third-order valence-electron chi connectivity index (χ3n) is 2.77. The molecule has 0 unspecified atom stereocenters. The van der Waals surface area contributed by atoms with Gasteiger partial charge in [0.15, 0.2) is 0 Å². The summed E-state index contributed by atoms with van der Waals surface area (Å²) >= 11 is 0. The van der Waals surface area contributed by atoms with Crippen LogP contribution in [0.3, 0.4) is 0 Å². The Morgan fingerprint density at radius 3 is 2.05 bits per heavy atom. The Kier molecular flexibility index (Phi) is 4.57. The molecule has 106 valence electrons. The van der Waals surface area contributed by atoms with Crippen molar-refractivity contribution in [2.75, 3.05) is 10.6 Å². The van der Waals surface area contributed by atoms with Gasteiger partial charge in [0.25, 0.3) is 0 Å². The standard InChI is InChI=1S/C13H19NO4S/c1-5-12(13(15)16)14(19(4,17)18)11-7-9(2)6-10(3)8-11/h6-8,12H,5H2,1-4H3,(H,15,16)/t12-/m1/s1. The van der Waals surface area contributed by atoms with E-state index in [0.717, 1.165) is 21.7 Å². The molecule has 0 spiro atoms. The summed E-state index contributed by atoms with van der Waals surface area (Å²) in [6.45, 7) is 5.34. The molecular weight excluding hydrogens is 266 g/mol. The number of aryl methyl sites for hydroxylation is 2. The van der Waals surface area contributed by atoms with E-state index in [1.54, 1.807) is 19.1 Å². The number of aliphatic carboxylic acids is 1. The van der Waals surface area contributed by atoms with Crippen LogP contribution in [0, 0.1) is 13.8 Å². The molecule has 5 nitrogen and oxygen atoms in total. The van der Waals surface area contributed by atoms with Crippen molar-refractivity contribution in [3.05, 3.63) is 29.3 Å². The number of sulfonamides is 1. The number of anilines is 1. The molecule has 0 aliphatic carbocycles. The maximum absolute atomic E-state index is 11.9. The Morgan fingerprint density at radius 1 is 1.26 bits per heavy atom. The highest BCUT2D eigenvalue weighted by atomic mass is 32.2. The first-order chi connectivity index (χ1) is 8.66. The number of rotatable bonds is 5. The van der Waals surface area contributed by atoms with Crippen molar-refractivity contribution in [3.63, 3.8) is 0 Å².